The minimum atomic E-state index is -4.65. The Bertz CT molecular complexity index is 957. The van der Waals surface area contributed by atoms with E-state index in [-0.39, 0.29) is 19.3 Å². The van der Waals surface area contributed by atoms with Crippen molar-refractivity contribution in [2.45, 2.75) is 44.4 Å². The summed E-state index contributed by atoms with van der Waals surface area (Å²) in [5.41, 5.74) is 4.96. The molecule has 0 saturated carbocycles. The van der Waals surface area contributed by atoms with Gasteiger partial charge < -0.3 is 9.64 Å². The number of nitrogens with one attached hydrogen (secondary N) is 3. The second kappa shape index (κ2) is 9.79. The first kappa shape index (κ1) is 23.7. The number of hydrazine groups is 1. The summed E-state index contributed by atoms with van der Waals surface area (Å²) in [7, 11) is 0. The first-order valence-corrected chi connectivity index (χ1v) is 10.8. The maximum atomic E-state index is 13.1. The molecule has 2 fully saturated rings. The number of halogens is 4. The molecule has 0 aliphatic carbocycles. The van der Waals surface area contributed by atoms with Gasteiger partial charge in [-0.25, -0.2) is 15.1 Å². The Labute approximate surface area is 192 Å². The number of aromatic nitrogens is 4. The Morgan fingerprint density at radius 1 is 1.39 bits per heavy atom. The first-order valence-electron chi connectivity index (χ1n) is 10.4. The van der Waals surface area contributed by atoms with Crippen LogP contribution in [0.4, 0.5) is 19.0 Å². The van der Waals surface area contributed by atoms with Crippen LogP contribution in [0.25, 0.3) is 0 Å². The van der Waals surface area contributed by atoms with Crippen LogP contribution in [0.3, 0.4) is 0 Å². The molecular formula is C19H24ClF3N8O2. The monoisotopic (exact) mass is 488 g/mol. The summed E-state index contributed by atoms with van der Waals surface area (Å²) in [5.74, 6) is -2.41. The summed E-state index contributed by atoms with van der Waals surface area (Å²) in [4.78, 5) is 17.9. The van der Waals surface area contributed by atoms with Crippen molar-refractivity contribution < 1.29 is 22.7 Å². The number of amides is 1. The van der Waals surface area contributed by atoms with Gasteiger partial charge >= 0.3 is 6.18 Å². The number of hydrogen-bond donors (Lipinski definition) is 3. The number of pyridine rings is 1. The van der Waals surface area contributed by atoms with Gasteiger partial charge in [-0.2, -0.15) is 13.2 Å². The fourth-order valence-electron chi connectivity index (χ4n) is 3.91. The summed E-state index contributed by atoms with van der Waals surface area (Å²) in [6.45, 7) is 3.54. The molecule has 0 bridgehead atoms. The van der Waals surface area contributed by atoms with Gasteiger partial charge in [0.2, 0.25) is 5.91 Å². The Morgan fingerprint density at radius 2 is 2.21 bits per heavy atom. The summed E-state index contributed by atoms with van der Waals surface area (Å²) < 4.78 is 46.5. The van der Waals surface area contributed by atoms with E-state index in [0.717, 1.165) is 25.3 Å². The van der Waals surface area contributed by atoms with Crippen molar-refractivity contribution >= 4 is 23.3 Å². The fraction of sp³-hybridized carbons (Fsp3) is 0.579. The molecule has 180 valence electrons. The number of hydrogen-bond acceptors (Lipinski definition) is 8. The van der Waals surface area contributed by atoms with Gasteiger partial charge in [0.15, 0.2) is 5.92 Å². The molecule has 0 aromatic carbocycles. The second-order valence-corrected chi connectivity index (χ2v) is 8.56. The van der Waals surface area contributed by atoms with Crippen molar-refractivity contribution in [3.8, 4) is 0 Å². The van der Waals surface area contributed by atoms with E-state index in [1.54, 1.807) is 23.9 Å². The third-order valence-corrected chi connectivity index (χ3v) is 5.76. The molecule has 2 aromatic rings. The van der Waals surface area contributed by atoms with E-state index in [1.807, 2.05) is 17.7 Å². The predicted molar refractivity (Wildman–Crippen MR) is 112 cm³/mol. The molecule has 33 heavy (non-hydrogen) atoms. The first-order chi connectivity index (χ1) is 15.7. The molecule has 4 heterocycles. The number of ether oxygens (including phenoxy) is 1. The highest BCUT2D eigenvalue weighted by Crippen LogP contribution is 2.30. The third kappa shape index (κ3) is 5.72. The zero-order chi connectivity index (χ0) is 23.6. The average molecular weight is 489 g/mol. The molecule has 2 saturated heterocycles. The van der Waals surface area contributed by atoms with E-state index in [9.17, 15) is 18.0 Å². The minimum absolute atomic E-state index is 0.128. The van der Waals surface area contributed by atoms with Crippen LogP contribution in [0.1, 0.15) is 25.1 Å². The van der Waals surface area contributed by atoms with E-state index in [2.05, 4.69) is 30.9 Å². The summed E-state index contributed by atoms with van der Waals surface area (Å²) in [6.07, 6.45) is -1.61. The van der Waals surface area contributed by atoms with Crippen LogP contribution in [0.5, 0.6) is 0 Å². The van der Waals surface area contributed by atoms with Gasteiger partial charge in [-0.1, -0.05) is 16.8 Å². The third-order valence-electron chi connectivity index (χ3n) is 5.53. The molecule has 2 aliphatic heterocycles. The number of nitrogens with zero attached hydrogens (tertiary/aromatic N) is 5. The smallest absolute Gasteiger partial charge is 0.373 e. The number of anilines is 1. The molecular weight excluding hydrogens is 465 g/mol. The van der Waals surface area contributed by atoms with Crippen LogP contribution < -0.4 is 21.1 Å². The molecule has 0 spiro atoms. The molecule has 4 unspecified atom stereocenters. The molecule has 2 aromatic heterocycles. The minimum Gasteiger partial charge on any atom is -0.373 e. The SMILES string of the molecule is CC(COCc1cn(C2CCN(c3ccc(Cl)cn3)C2)nn1)NC1NNC(=O)C1C(F)(F)F. The van der Waals surface area contributed by atoms with Crippen LogP contribution in [-0.4, -0.2) is 64.0 Å². The average Bonchev–Trinajstić information content (AvgIpc) is 3.48. The van der Waals surface area contributed by atoms with Gasteiger partial charge in [0.1, 0.15) is 11.5 Å². The van der Waals surface area contributed by atoms with Crippen LogP contribution in [0.15, 0.2) is 24.5 Å². The second-order valence-electron chi connectivity index (χ2n) is 8.13. The Morgan fingerprint density at radius 3 is 2.94 bits per heavy atom. The predicted octanol–water partition coefficient (Wildman–Crippen LogP) is 1.41. The van der Waals surface area contributed by atoms with E-state index < -0.39 is 30.2 Å². The zero-order valence-electron chi connectivity index (χ0n) is 17.7. The van der Waals surface area contributed by atoms with Crippen LogP contribution in [0, 0.1) is 5.92 Å². The van der Waals surface area contributed by atoms with Crippen LogP contribution in [-0.2, 0) is 16.1 Å². The molecule has 3 N–H and O–H groups in total. The van der Waals surface area contributed by atoms with Gasteiger partial charge in [-0.3, -0.25) is 15.5 Å². The Kier molecular flexibility index (Phi) is 7.02. The quantitative estimate of drug-likeness (QED) is 0.512. The normalized spacial score (nSPS) is 24.3. The summed E-state index contributed by atoms with van der Waals surface area (Å²) >= 11 is 5.90. The van der Waals surface area contributed by atoms with Crippen molar-refractivity contribution in [3.63, 3.8) is 0 Å². The highest BCUT2D eigenvalue weighted by atomic mass is 35.5. The van der Waals surface area contributed by atoms with E-state index >= 15 is 0 Å². The van der Waals surface area contributed by atoms with E-state index in [1.165, 1.54) is 0 Å². The number of rotatable bonds is 8. The molecule has 10 nitrogen and oxygen atoms in total. The maximum absolute atomic E-state index is 13.1. The molecule has 1 amide bonds. The van der Waals surface area contributed by atoms with Crippen LogP contribution >= 0.6 is 11.6 Å². The van der Waals surface area contributed by atoms with Crippen molar-refractivity contribution in [1.29, 1.82) is 0 Å². The Balaban J connectivity index is 1.23. The van der Waals surface area contributed by atoms with Gasteiger partial charge in [-0.05, 0) is 25.5 Å². The zero-order valence-corrected chi connectivity index (χ0v) is 18.5. The maximum Gasteiger partial charge on any atom is 0.403 e. The van der Waals surface area contributed by atoms with E-state index in [4.69, 9.17) is 16.3 Å². The van der Waals surface area contributed by atoms with E-state index in [0.29, 0.717) is 10.7 Å². The largest absolute Gasteiger partial charge is 0.403 e. The van der Waals surface area contributed by atoms with Gasteiger partial charge in [0, 0.05) is 25.3 Å². The molecule has 4 atom stereocenters. The fourth-order valence-corrected chi connectivity index (χ4v) is 4.02. The lowest BCUT2D eigenvalue weighted by Crippen LogP contribution is -2.52. The lowest BCUT2D eigenvalue weighted by molar-refractivity contribution is -0.183. The topological polar surface area (TPSA) is 109 Å². The molecule has 0 radical (unpaired) electrons. The van der Waals surface area contributed by atoms with Crippen molar-refractivity contribution in [1.82, 2.24) is 36.1 Å². The highest BCUT2D eigenvalue weighted by molar-refractivity contribution is 6.30. The van der Waals surface area contributed by atoms with Crippen molar-refractivity contribution in [2.75, 3.05) is 24.6 Å². The lowest BCUT2D eigenvalue weighted by Gasteiger charge is -2.24. The standard InChI is InChI=1S/C19H24ClF3N8O2/c1-11(25-17-16(19(21,22)23)18(32)28-27-17)9-33-10-13-7-31(29-26-13)14-4-5-30(8-14)15-3-2-12(20)6-24-15/h2-3,6-7,11,14,16-17,25,27H,4-5,8-10H2,1H3,(H,28,32). The van der Waals surface area contributed by atoms with Gasteiger partial charge in [0.25, 0.3) is 0 Å². The number of carbonyl (C=O) groups excluding carboxylic acids is 1. The number of carbonyl (C=O) groups is 1. The lowest BCUT2D eigenvalue weighted by atomic mass is 10.1. The highest BCUT2D eigenvalue weighted by Gasteiger charge is 2.53. The molecule has 4 rings (SSSR count). The molecule has 14 heteroatoms. The molecule has 2 aliphatic rings. The Hall–Kier alpha value is -2.48. The van der Waals surface area contributed by atoms with Crippen molar-refractivity contribution in [2.24, 2.45) is 5.92 Å². The van der Waals surface area contributed by atoms with Gasteiger partial charge in [-0.15, -0.1) is 5.10 Å². The van der Waals surface area contributed by atoms with Crippen molar-refractivity contribution in [3.05, 3.63) is 35.2 Å². The van der Waals surface area contributed by atoms with Gasteiger partial charge in [0.05, 0.1) is 36.6 Å². The number of alkyl halides is 3. The summed E-state index contributed by atoms with van der Waals surface area (Å²) in [5, 5.41) is 11.6. The summed E-state index contributed by atoms with van der Waals surface area (Å²) in [6, 6.07) is 3.38. The van der Waals surface area contributed by atoms with Crippen LogP contribution in [0.2, 0.25) is 5.02 Å².